The Hall–Kier alpha value is -2.86. The van der Waals surface area contributed by atoms with E-state index >= 15 is 0 Å². The monoisotopic (exact) mass is 474 g/mol. The quantitative estimate of drug-likeness (QED) is 0.398. The molecule has 1 aliphatic heterocycles. The van der Waals surface area contributed by atoms with Gasteiger partial charge in [0.2, 0.25) is 5.91 Å². The Morgan fingerprint density at radius 2 is 1.89 bits per heavy atom. The summed E-state index contributed by atoms with van der Waals surface area (Å²) in [6, 6.07) is 15.2. The van der Waals surface area contributed by atoms with Gasteiger partial charge in [-0.2, -0.15) is 0 Å². The van der Waals surface area contributed by atoms with Crippen molar-refractivity contribution in [3.8, 4) is 5.75 Å². The van der Waals surface area contributed by atoms with Crippen LogP contribution in [0.4, 0.5) is 0 Å². The number of likely N-dealkylation sites (tertiary alicyclic amines) is 1. The summed E-state index contributed by atoms with van der Waals surface area (Å²) < 4.78 is 6.03. The Morgan fingerprint density at radius 1 is 1.03 bits per heavy atom. The highest BCUT2D eigenvalue weighted by Crippen LogP contribution is 2.20. The minimum absolute atomic E-state index is 0.229. The predicted molar refractivity (Wildman–Crippen MR) is 140 cm³/mol. The maximum absolute atomic E-state index is 12.5. The van der Waals surface area contributed by atoms with Crippen molar-refractivity contribution in [2.75, 3.05) is 19.7 Å². The van der Waals surface area contributed by atoms with Crippen molar-refractivity contribution >= 4 is 16.9 Å². The van der Waals surface area contributed by atoms with Crippen molar-refractivity contribution in [1.29, 1.82) is 0 Å². The van der Waals surface area contributed by atoms with Crippen LogP contribution < -0.4 is 10.1 Å². The highest BCUT2D eigenvalue weighted by molar-refractivity contribution is 5.82. The van der Waals surface area contributed by atoms with Crippen LogP contribution in [0, 0.1) is 0 Å². The van der Waals surface area contributed by atoms with Gasteiger partial charge in [-0.05, 0) is 67.5 Å². The van der Waals surface area contributed by atoms with Gasteiger partial charge in [0.05, 0.1) is 24.1 Å². The van der Waals surface area contributed by atoms with Crippen molar-refractivity contribution in [2.24, 2.45) is 0 Å². The first-order valence-corrected chi connectivity index (χ1v) is 13.4. The van der Waals surface area contributed by atoms with Crippen LogP contribution in [0.25, 0.3) is 11.0 Å². The first kappa shape index (κ1) is 23.9. The zero-order valence-electron chi connectivity index (χ0n) is 20.7. The molecule has 6 heteroatoms. The molecule has 35 heavy (non-hydrogen) atoms. The van der Waals surface area contributed by atoms with E-state index in [2.05, 4.69) is 34.6 Å². The molecule has 5 rings (SSSR count). The maximum atomic E-state index is 12.5. The van der Waals surface area contributed by atoms with Crippen LogP contribution in [0.5, 0.6) is 5.75 Å². The molecule has 1 saturated heterocycles. The lowest BCUT2D eigenvalue weighted by Gasteiger charge is -2.23. The summed E-state index contributed by atoms with van der Waals surface area (Å²) in [4.78, 5) is 22.6. The van der Waals surface area contributed by atoms with E-state index in [0.717, 1.165) is 73.5 Å². The molecule has 0 spiro atoms. The molecule has 186 valence electrons. The molecule has 0 bridgehead atoms. The van der Waals surface area contributed by atoms with Gasteiger partial charge in [-0.1, -0.05) is 37.5 Å². The number of aryl methyl sites for hydroxylation is 1. The average Bonchev–Trinajstić information content (AvgIpc) is 3.56. The van der Waals surface area contributed by atoms with Crippen LogP contribution in [0.1, 0.15) is 68.3 Å². The number of rotatable bonds is 10. The van der Waals surface area contributed by atoms with Gasteiger partial charge >= 0.3 is 0 Å². The number of nitrogens with one attached hydrogen (secondary N) is 2. The summed E-state index contributed by atoms with van der Waals surface area (Å²) in [5, 5.41) is 3.71. The third-order valence-electron chi connectivity index (χ3n) is 7.33. The summed E-state index contributed by atoms with van der Waals surface area (Å²) in [7, 11) is 0. The number of nitrogens with zero attached hydrogens (tertiary/aromatic N) is 2. The molecule has 2 N–H and O–H groups in total. The van der Waals surface area contributed by atoms with Gasteiger partial charge in [-0.15, -0.1) is 0 Å². The molecule has 0 radical (unpaired) electrons. The fourth-order valence-electron chi connectivity index (χ4n) is 5.33. The number of H-pyrrole nitrogens is 1. The van der Waals surface area contributed by atoms with Crippen molar-refractivity contribution in [2.45, 2.75) is 76.8 Å². The Bertz CT molecular complexity index is 1110. The maximum Gasteiger partial charge on any atom is 0.226 e. The number of imidazole rings is 1. The van der Waals surface area contributed by atoms with Gasteiger partial charge < -0.3 is 19.9 Å². The van der Waals surface area contributed by atoms with Crippen molar-refractivity contribution < 1.29 is 9.53 Å². The molecule has 1 aromatic heterocycles. The Kier molecular flexibility index (Phi) is 7.99. The van der Waals surface area contributed by atoms with Crippen LogP contribution in [-0.4, -0.2) is 46.5 Å². The third kappa shape index (κ3) is 6.63. The molecule has 0 atom stereocenters. The molecule has 1 amide bonds. The largest absolute Gasteiger partial charge is 0.494 e. The number of benzene rings is 2. The number of aromatic amines is 1. The molecular weight excluding hydrogens is 436 g/mol. The Morgan fingerprint density at radius 3 is 2.74 bits per heavy atom. The highest BCUT2D eigenvalue weighted by atomic mass is 16.5. The van der Waals surface area contributed by atoms with Gasteiger partial charge in [0.25, 0.3) is 0 Å². The summed E-state index contributed by atoms with van der Waals surface area (Å²) in [5.74, 6) is 2.13. The minimum atomic E-state index is 0.229. The van der Waals surface area contributed by atoms with Crippen LogP contribution in [0.15, 0.2) is 42.5 Å². The van der Waals surface area contributed by atoms with Crippen molar-refractivity contribution in [1.82, 2.24) is 20.2 Å². The van der Waals surface area contributed by atoms with Crippen molar-refractivity contribution in [3.05, 3.63) is 59.4 Å². The molecule has 2 aliphatic rings. The molecule has 1 saturated carbocycles. The third-order valence-corrected chi connectivity index (χ3v) is 7.33. The number of aromatic nitrogens is 2. The number of carbonyl (C=O) groups is 1. The molecule has 3 aromatic rings. The number of ether oxygens (including phenoxy) is 1. The molecule has 2 heterocycles. The molecule has 2 aromatic carbocycles. The second kappa shape index (κ2) is 11.7. The van der Waals surface area contributed by atoms with Gasteiger partial charge in [-0.25, -0.2) is 4.98 Å². The second-order valence-electron chi connectivity index (χ2n) is 10.1. The Labute approximate surface area is 208 Å². The number of amides is 1. The lowest BCUT2D eigenvalue weighted by atomic mass is 9.95. The van der Waals surface area contributed by atoms with Gasteiger partial charge in [-0.3, -0.25) is 4.79 Å². The summed E-state index contributed by atoms with van der Waals surface area (Å²) >= 11 is 0. The Balaban J connectivity index is 1.07. The number of hydrogen-bond donors (Lipinski definition) is 2. The van der Waals surface area contributed by atoms with Gasteiger partial charge in [0.15, 0.2) is 0 Å². The first-order chi connectivity index (χ1) is 17.2. The summed E-state index contributed by atoms with van der Waals surface area (Å²) in [6.45, 7) is 3.37. The fourth-order valence-corrected chi connectivity index (χ4v) is 5.33. The van der Waals surface area contributed by atoms with E-state index in [4.69, 9.17) is 9.72 Å². The lowest BCUT2D eigenvalue weighted by molar-refractivity contribution is -0.129. The molecule has 1 aliphatic carbocycles. The van der Waals surface area contributed by atoms with E-state index in [1.165, 1.54) is 37.7 Å². The van der Waals surface area contributed by atoms with E-state index in [9.17, 15) is 4.79 Å². The van der Waals surface area contributed by atoms with Crippen LogP contribution in [0.3, 0.4) is 0 Å². The van der Waals surface area contributed by atoms with Crippen molar-refractivity contribution in [3.63, 3.8) is 0 Å². The van der Waals surface area contributed by atoms with Crippen LogP contribution in [-0.2, 0) is 24.2 Å². The SMILES string of the molecule is O=C(Cc1ccc2nc(CCCOc3cccc(CNC4CCCCC4)c3)[nH]c2c1)N1CCCC1. The number of fused-ring (bicyclic) bond motifs is 1. The molecular formula is C29H38N4O2. The molecule has 0 unspecified atom stereocenters. The van der Waals surface area contributed by atoms with E-state index in [1.54, 1.807) is 0 Å². The van der Waals surface area contributed by atoms with Gasteiger partial charge in [0, 0.05) is 32.1 Å². The fraction of sp³-hybridized carbons (Fsp3) is 0.517. The summed E-state index contributed by atoms with van der Waals surface area (Å²) in [5.41, 5.74) is 4.29. The molecule has 2 fully saturated rings. The van der Waals surface area contributed by atoms with Crippen LogP contribution in [0.2, 0.25) is 0 Å². The highest BCUT2D eigenvalue weighted by Gasteiger charge is 2.18. The van der Waals surface area contributed by atoms with Crippen LogP contribution >= 0.6 is 0 Å². The minimum Gasteiger partial charge on any atom is -0.494 e. The van der Waals surface area contributed by atoms with E-state index in [1.807, 2.05) is 23.1 Å². The second-order valence-corrected chi connectivity index (χ2v) is 10.1. The summed E-state index contributed by atoms with van der Waals surface area (Å²) in [6.07, 6.45) is 11.1. The zero-order chi connectivity index (χ0) is 23.9. The lowest BCUT2D eigenvalue weighted by Crippen LogP contribution is -2.30. The number of carbonyl (C=O) groups excluding carboxylic acids is 1. The normalized spacial score (nSPS) is 16.7. The van der Waals surface area contributed by atoms with E-state index < -0.39 is 0 Å². The first-order valence-electron chi connectivity index (χ1n) is 13.4. The smallest absolute Gasteiger partial charge is 0.226 e. The zero-order valence-corrected chi connectivity index (χ0v) is 20.7. The average molecular weight is 475 g/mol. The standard InChI is InChI=1S/C29H38N4O2/c34-29(33-15-4-5-16-33)20-22-13-14-26-27(19-22)32-28(31-26)12-7-17-35-25-11-6-8-23(18-25)21-30-24-9-2-1-3-10-24/h6,8,11,13-14,18-19,24,30H,1-5,7,9-10,12,15-17,20-21H2,(H,31,32). The van der Waals surface area contributed by atoms with Gasteiger partial charge in [0.1, 0.15) is 11.6 Å². The molecule has 6 nitrogen and oxygen atoms in total. The van der Waals surface area contributed by atoms with E-state index in [-0.39, 0.29) is 5.91 Å². The number of hydrogen-bond acceptors (Lipinski definition) is 4. The topological polar surface area (TPSA) is 70.2 Å². The van der Waals surface area contributed by atoms with E-state index in [0.29, 0.717) is 19.1 Å². The predicted octanol–water partition coefficient (Wildman–Crippen LogP) is 5.16.